The molecule has 0 spiro atoms. The standard InChI is InChI=1S/C17H15F3N2O3/c18-17(19,20)12-7-4-8-13(9-12)25-10-14(23)22-15(16(21)24)11-5-2-1-3-6-11/h1-9,15H,10H2,(H2,21,24)(H,22,23). The van der Waals surface area contributed by atoms with E-state index in [0.29, 0.717) is 5.56 Å². The fourth-order valence-corrected chi connectivity index (χ4v) is 2.08. The fraction of sp³-hybridized carbons (Fsp3) is 0.176. The van der Waals surface area contributed by atoms with Crippen molar-refractivity contribution in [1.82, 2.24) is 5.32 Å². The van der Waals surface area contributed by atoms with Crippen LogP contribution in [-0.2, 0) is 15.8 Å². The molecule has 1 atom stereocenters. The van der Waals surface area contributed by atoms with Gasteiger partial charge in [0.15, 0.2) is 6.61 Å². The molecule has 1 unspecified atom stereocenters. The number of primary amides is 1. The molecule has 0 saturated carbocycles. The van der Waals surface area contributed by atoms with Gasteiger partial charge in [-0.05, 0) is 23.8 Å². The zero-order valence-corrected chi connectivity index (χ0v) is 12.9. The quantitative estimate of drug-likeness (QED) is 0.838. The van der Waals surface area contributed by atoms with Gasteiger partial charge >= 0.3 is 6.18 Å². The van der Waals surface area contributed by atoms with Crippen LogP contribution in [0.3, 0.4) is 0 Å². The first-order valence-electron chi connectivity index (χ1n) is 7.21. The highest BCUT2D eigenvalue weighted by atomic mass is 19.4. The molecule has 0 aliphatic heterocycles. The predicted molar refractivity (Wildman–Crippen MR) is 83.5 cm³/mol. The van der Waals surface area contributed by atoms with Crippen LogP contribution in [-0.4, -0.2) is 18.4 Å². The monoisotopic (exact) mass is 352 g/mol. The number of carbonyl (C=O) groups excluding carboxylic acids is 2. The molecule has 2 aromatic rings. The fourth-order valence-electron chi connectivity index (χ4n) is 2.08. The Morgan fingerprint density at radius 1 is 1.08 bits per heavy atom. The van der Waals surface area contributed by atoms with Crippen LogP contribution in [0.5, 0.6) is 5.75 Å². The van der Waals surface area contributed by atoms with Crippen molar-refractivity contribution in [2.75, 3.05) is 6.61 Å². The first-order valence-corrected chi connectivity index (χ1v) is 7.21. The van der Waals surface area contributed by atoms with Crippen molar-refractivity contribution in [3.8, 4) is 5.75 Å². The van der Waals surface area contributed by atoms with E-state index in [1.54, 1.807) is 30.3 Å². The van der Waals surface area contributed by atoms with Crippen LogP contribution in [0.15, 0.2) is 54.6 Å². The summed E-state index contributed by atoms with van der Waals surface area (Å²) in [6.07, 6.45) is -4.51. The molecular weight excluding hydrogens is 337 g/mol. The highest BCUT2D eigenvalue weighted by Crippen LogP contribution is 2.31. The first-order chi connectivity index (χ1) is 11.8. The number of rotatable bonds is 6. The number of halogens is 3. The number of carbonyl (C=O) groups is 2. The molecule has 3 N–H and O–H groups in total. The molecule has 0 saturated heterocycles. The van der Waals surface area contributed by atoms with Crippen molar-refractivity contribution >= 4 is 11.8 Å². The normalized spacial score (nSPS) is 12.3. The molecule has 0 aromatic heterocycles. The van der Waals surface area contributed by atoms with Gasteiger partial charge in [0, 0.05) is 0 Å². The molecule has 0 heterocycles. The van der Waals surface area contributed by atoms with E-state index in [1.807, 2.05) is 0 Å². The Morgan fingerprint density at radius 2 is 1.76 bits per heavy atom. The van der Waals surface area contributed by atoms with Crippen molar-refractivity contribution in [2.45, 2.75) is 12.2 Å². The molecule has 2 aromatic carbocycles. The maximum atomic E-state index is 12.6. The minimum absolute atomic E-state index is 0.111. The van der Waals surface area contributed by atoms with Gasteiger partial charge < -0.3 is 15.8 Å². The van der Waals surface area contributed by atoms with Gasteiger partial charge in [-0.2, -0.15) is 13.2 Å². The van der Waals surface area contributed by atoms with E-state index >= 15 is 0 Å². The van der Waals surface area contributed by atoms with Gasteiger partial charge in [0.1, 0.15) is 11.8 Å². The van der Waals surface area contributed by atoms with E-state index in [9.17, 15) is 22.8 Å². The molecule has 132 valence electrons. The van der Waals surface area contributed by atoms with E-state index in [4.69, 9.17) is 10.5 Å². The number of hydrogen-bond acceptors (Lipinski definition) is 3. The Hall–Kier alpha value is -3.03. The highest BCUT2D eigenvalue weighted by molar-refractivity contribution is 5.88. The van der Waals surface area contributed by atoms with Crippen molar-refractivity contribution in [3.63, 3.8) is 0 Å². The Balaban J connectivity index is 1.99. The molecule has 25 heavy (non-hydrogen) atoms. The molecule has 0 fully saturated rings. The molecule has 0 bridgehead atoms. The van der Waals surface area contributed by atoms with Gasteiger partial charge in [0.25, 0.3) is 5.91 Å². The van der Waals surface area contributed by atoms with Gasteiger partial charge in [-0.1, -0.05) is 36.4 Å². The smallest absolute Gasteiger partial charge is 0.416 e. The summed E-state index contributed by atoms with van der Waals surface area (Å²) >= 11 is 0. The summed E-state index contributed by atoms with van der Waals surface area (Å²) in [7, 11) is 0. The number of nitrogens with two attached hydrogens (primary N) is 1. The maximum Gasteiger partial charge on any atom is 0.416 e. The Bertz CT molecular complexity index is 748. The minimum atomic E-state index is -4.51. The summed E-state index contributed by atoms with van der Waals surface area (Å²) in [5, 5.41) is 2.39. The molecular formula is C17H15F3N2O3. The van der Waals surface area contributed by atoms with Crippen LogP contribution < -0.4 is 15.8 Å². The van der Waals surface area contributed by atoms with Crippen LogP contribution >= 0.6 is 0 Å². The summed E-state index contributed by atoms with van der Waals surface area (Å²) in [4.78, 5) is 23.4. The lowest BCUT2D eigenvalue weighted by Gasteiger charge is -2.16. The molecule has 0 aliphatic carbocycles. The van der Waals surface area contributed by atoms with E-state index < -0.39 is 36.2 Å². The lowest BCUT2D eigenvalue weighted by atomic mass is 10.1. The summed E-state index contributed by atoms with van der Waals surface area (Å²) in [5.74, 6) is -1.57. The number of hydrogen-bond donors (Lipinski definition) is 2. The Morgan fingerprint density at radius 3 is 2.36 bits per heavy atom. The summed E-state index contributed by atoms with van der Waals surface area (Å²) in [5.41, 5.74) is 4.88. The number of amides is 2. The van der Waals surface area contributed by atoms with Gasteiger partial charge in [0.05, 0.1) is 5.56 Å². The number of nitrogens with one attached hydrogen (secondary N) is 1. The number of ether oxygens (including phenoxy) is 1. The molecule has 8 heteroatoms. The van der Waals surface area contributed by atoms with Crippen LogP contribution in [0, 0.1) is 0 Å². The third-order valence-electron chi connectivity index (χ3n) is 3.25. The largest absolute Gasteiger partial charge is 0.484 e. The first kappa shape index (κ1) is 18.3. The second-order valence-corrected chi connectivity index (χ2v) is 5.13. The average Bonchev–Trinajstić information content (AvgIpc) is 2.58. The van der Waals surface area contributed by atoms with E-state index in [2.05, 4.69) is 5.32 Å². The minimum Gasteiger partial charge on any atom is -0.484 e. The number of alkyl halides is 3. The van der Waals surface area contributed by atoms with Crippen LogP contribution in [0.25, 0.3) is 0 Å². The van der Waals surface area contributed by atoms with E-state index in [0.717, 1.165) is 12.1 Å². The lowest BCUT2D eigenvalue weighted by Crippen LogP contribution is -2.39. The predicted octanol–water partition coefficient (Wildman–Crippen LogP) is 2.43. The SMILES string of the molecule is NC(=O)C(NC(=O)COc1cccc(C(F)(F)F)c1)c1ccccc1. The third-order valence-corrected chi connectivity index (χ3v) is 3.25. The zero-order valence-electron chi connectivity index (χ0n) is 12.9. The average molecular weight is 352 g/mol. The highest BCUT2D eigenvalue weighted by Gasteiger charge is 2.30. The summed E-state index contributed by atoms with van der Waals surface area (Å²) in [6.45, 7) is -0.558. The third kappa shape index (κ3) is 5.23. The Labute approximate surface area is 141 Å². The van der Waals surface area contributed by atoms with Crippen molar-refractivity contribution in [3.05, 3.63) is 65.7 Å². The van der Waals surface area contributed by atoms with Gasteiger partial charge in [-0.3, -0.25) is 9.59 Å². The van der Waals surface area contributed by atoms with Crippen LogP contribution in [0.4, 0.5) is 13.2 Å². The molecule has 0 aliphatic rings. The second-order valence-electron chi connectivity index (χ2n) is 5.13. The molecule has 0 radical (unpaired) electrons. The van der Waals surface area contributed by atoms with Crippen molar-refractivity contribution < 1.29 is 27.5 Å². The van der Waals surface area contributed by atoms with Crippen LogP contribution in [0.1, 0.15) is 17.2 Å². The molecule has 5 nitrogen and oxygen atoms in total. The van der Waals surface area contributed by atoms with Gasteiger partial charge in [-0.25, -0.2) is 0 Å². The topological polar surface area (TPSA) is 81.4 Å². The van der Waals surface area contributed by atoms with Gasteiger partial charge in [-0.15, -0.1) is 0 Å². The van der Waals surface area contributed by atoms with E-state index in [1.165, 1.54) is 12.1 Å². The van der Waals surface area contributed by atoms with Crippen LogP contribution in [0.2, 0.25) is 0 Å². The lowest BCUT2D eigenvalue weighted by molar-refractivity contribution is -0.137. The molecule has 2 rings (SSSR count). The number of benzene rings is 2. The second kappa shape index (κ2) is 7.69. The van der Waals surface area contributed by atoms with Crippen molar-refractivity contribution in [1.29, 1.82) is 0 Å². The van der Waals surface area contributed by atoms with E-state index in [-0.39, 0.29) is 5.75 Å². The van der Waals surface area contributed by atoms with Crippen molar-refractivity contribution in [2.24, 2.45) is 5.73 Å². The van der Waals surface area contributed by atoms with Gasteiger partial charge in [0.2, 0.25) is 5.91 Å². The summed E-state index contributed by atoms with van der Waals surface area (Å²) in [6, 6.07) is 11.4. The molecule has 2 amide bonds. The maximum absolute atomic E-state index is 12.6. The Kier molecular flexibility index (Phi) is 5.63. The zero-order chi connectivity index (χ0) is 18.4. The summed E-state index contributed by atoms with van der Waals surface area (Å²) < 4.78 is 42.9.